The summed E-state index contributed by atoms with van der Waals surface area (Å²) in [4.78, 5) is 35.9. The normalized spacial score (nSPS) is 19.2. The Morgan fingerprint density at radius 1 is 1.00 bits per heavy atom. The summed E-state index contributed by atoms with van der Waals surface area (Å²) < 4.78 is 0. The van der Waals surface area contributed by atoms with E-state index in [1.165, 1.54) is 32.1 Å². The first-order chi connectivity index (χ1) is 11.6. The molecule has 7 nitrogen and oxygen atoms in total. The lowest BCUT2D eigenvalue weighted by Crippen LogP contribution is -2.50. The van der Waals surface area contributed by atoms with Gasteiger partial charge in [-0.25, -0.2) is 9.97 Å². The fraction of sp³-hybridized carbons (Fsp3) is 0.647. The molecule has 2 fully saturated rings. The summed E-state index contributed by atoms with van der Waals surface area (Å²) in [6.45, 7) is 3.80. The zero-order valence-corrected chi connectivity index (χ0v) is 14.2. The van der Waals surface area contributed by atoms with Crippen LogP contribution in [0, 0.1) is 0 Å². The molecular weight excluding hydrogens is 306 g/mol. The van der Waals surface area contributed by atoms with Crippen molar-refractivity contribution in [3.05, 3.63) is 18.1 Å². The Kier molecular flexibility index (Phi) is 5.27. The van der Waals surface area contributed by atoms with Crippen molar-refractivity contribution in [2.45, 2.75) is 45.1 Å². The van der Waals surface area contributed by atoms with E-state index in [0.29, 0.717) is 37.9 Å². The molecule has 0 bridgehead atoms. The molecule has 0 radical (unpaired) electrons. The van der Waals surface area contributed by atoms with Crippen LogP contribution in [0.4, 0.5) is 5.82 Å². The van der Waals surface area contributed by atoms with Crippen molar-refractivity contribution in [1.29, 1.82) is 0 Å². The van der Waals surface area contributed by atoms with E-state index in [9.17, 15) is 9.59 Å². The maximum atomic E-state index is 12.5. The van der Waals surface area contributed by atoms with Gasteiger partial charge in [-0.15, -0.1) is 0 Å². The van der Waals surface area contributed by atoms with Crippen LogP contribution in [0.15, 0.2) is 12.4 Å². The fourth-order valence-electron chi connectivity index (χ4n) is 3.36. The zero-order valence-electron chi connectivity index (χ0n) is 14.2. The molecular formula is C17H25N5O2. The number of hydrogen-bond donors (Lipinski definition) is 1. The highest BCUT2D eigenvalue weighted by Gasteiger charge is 2.24. The van der Waals surface area contributed by atoms with Crippen LogP contribution in [-0.4, -0.2) is 63.8 Å². The van der Waals surface area contributed by atoms with Crippen molar-refractivity contribution in [3.63, 3.8) is 0 Å². The maximum absolute atomic E-state index is 12.5. The van der Waals surface area contributed by atoms with Gasteiger partial charge in [-0.3, -0.25) is 9.59 Å². The molecule has 2 heterocycles. The third-order valence-electron chi connectivity index (χ3n) is 4.84. The summed E-state index contributed by atoms with van der Waals surface area (Å²) >= 11 is 0. The van der Waals surface area contributed by atoms with Gasteiger partial charge in [-0.05, 0) is 12.8 Å². The standard InChI is InChI=1S/C17H25N5O2/c1-13(23)21-7-9-22(10-8-21)17(24)15-11-19-16(12-18-15)20-14-5-3-2-4-6-14/h11-12,14H,2-10H2,1H3,(H,19,20). The van der Waals surface area contributed by atoms with Crippen molar-refractivity contribution in [1.82, 2.24) is 19.8 Å². The maximum Gasteiger partial charge on any atom is 0.274 e. The third kappa shape index (κ3) is 4.01. The molecule has 1 aromatic rings. The summed E-state index contributed by atoms with van der Waals surface area (Å²) in [5, 5.41) is 3.40. The number of nitrogens with zero attached hydrogens (tertiary/aromatic N) is 4. The second-order valence-corrected chi connectivity index (χ2v) is 6.56. The second kappa shape index (κ2) is 7.59. The van der Waals surface area contributed by atoms with E-state index in [2.05, 4.69) is 15.3 Å². The van der Waals surface area contributed by atoms with Crippen LogP contribution in [0.3, 0.4) is 0 Å². The molecule has 7 heteroatoms. The lowest BCUT2D eigenvalue weighted by atomic mass is 9.96. The van der Waals surface area contributed by atoms with Crippen LogP contribution in [0.5, 0.6) is 0 Å². The minimum absolute atomic E-state index is 0.0556. The first-order valence-electron chi connectivity index (χ1n) is 8.77. The number of aromatic nitrogens is 2. The monoisotopic (exact) mass is 331 g/mol. The lowest BCUT2D eigenvalue weighted by Gasteiger charge is -2.33. The van der Waals surface area contributed by atoms with Crippen LogP contribution in [0.1, 0.15) is 49.5 Å². The van der Waals surface area contributed by atoms with E-state index < -0.39 is 0 Å². The lowest BCUT2D eigenvalue weighted by molar-refractivity contribution is -0.130. The predicted molar refractivity (Wildman–Crippen MR) is 90.7 cm³/mol. The van der Waals surface area contributed by atoms with Gasteiger partial charge in [0, 0.05) is 39.1 Å². The van der Waals surface area contributed by atoms with Crippen LogP contribution in [0.25, 0.3) is 0 Å². The van der Waals surface area contributed by atoms with Crippen LogP contribution >= 0.6 is 0 Å². The topological polar surface area (TPSA) is 78.4 Å². The van der Waals surface area contributed by atoms with Gasteiger partial charge in [0.1, 0.15) is 11.5 Å². The van der Waals surface area contributed by atoms with Crippen LogP contribution < -0.4 is 5.32 Å². The summed E-state index contributed by atoms with van der Waals surface area (Å²) in [7, 11) is 0. The van der Waals surface area contributed by atoms with E-state index in [-0.39, 0.29) is 11.8 Å². The van der Waals surface area contributed by atoms with Gasteiger partial charge in [0.25, 0.3) is 5.91 Å². The molecule has 1 aliphatic heterocycles. The van der Waals surface area contributed by atoms with E-state index in [1.807, 2.05) is 0 Å². The molecule has 1 N–H and O–H groups in total. The smallest absolute Gasteiger partial charge is 0.274 e. The summed E-state index contributed by atoms with van der Waals surface area (Å²) in [5.74, 6) is 0.676. The van der Waals surface area contributed by atoms with Crippen molar-refractivity contribution >= 4 is 17.6 Å². The van der Waals surface area contributed by atoms with Crippen molar-refractivity contribution < 1.29 is 9.59 Å². The Bertz CT molecular complexity index is 575. The number of carbonyl (C=O) groups excluding carboxylic acids is 2. The Morgan fingerprint density at radius 2 is 1.67 bits per heavy atom. The fourth-order valence-corrected chi connectivity index (χ4v) is 3.36. The summed E-state index contributed by atoms with van der Waals surface area (Å²) in [5.41, 5.74) is 0.362. The minimum atomic E-state index is -0.116. The zero-order chi connectivity index (χ0) is 16.9. The minimum Gasteiger partial charge on any atom is -0.366 e. The Labute approximate surface area is 142 Å². The summed E-state index contributed by atoms with van der Waals surface area (Å²) in [6, 6.07) is 0.467. The molecule has 0 unspecified atom stereocenters. The van der Waals surface area contributed by atoms with Gasteiger partial charge in [-0.1, -0.05) is 19.3 Å². The van der Waals surface area contributed by atoms with Gasteiger partial charge in [0.05, 0.1) is 12.4 Å². The first-order valence-corrected chi connectivity index (χ1v) is 8.77. The van der Waals surface area contributed by atoms with Gasteiger partial charge in [-0.2, -0.15) is 0 Å². The highest BCUT2D eigenvalue weighted by atomic mass is 16.2. The second-order valence-electron chi connectivity index (χ2n) is 6.56. The Morgan fingerprint density at radius 3 is 2.25 bits per heavy atom. The molecule has 130 valence electrons. The molecule has 1 aliphatic carbocycles. The SMILES string of the molecule is CC(=O)N1CCN(C(=O)c2cnc(NC3CCCCC3)cn2)CC1. The quantitative estimate of drug-likeness (QED) is 0.909. The molecule has 0 aromatic carbocycles. The van der Waals surface area contributed by atoms with E-state index >= 15 is 0 Å². The number of piperazine rings is 1. The number of rotatable bonds is 3. The predicted octanol–water partition coefficient (Wildman–Crippen LogP) is 1.53. The molecule has 1 saturated heterocycles. The van der Waals surface area contributed by atoms with E-state index in [1.54, 1.807) is 29.1 Å². The van der Waals surface area contributed by atoms with Crippen molar-refractivity contribution in [2.24, 2.45) is 0 Å². The number of hydrogen-bond acceptors (Lipinski definition) is 5. The molecule has 1 aromatic heterocycles. The molecule has 3 rings (SSSR count). The van der Waals surface area contributed by atoms with E-state index in [0.717, 1.165) is 5.82 Å². The molecule has 1 saturated carbocycles. The number of carbonyl (C=O) groups is 2. The van der Waals surface area contributed by atoms with Gasteiger partial charge in [0.15, 0.2) is 0 Å². The van der Waals surface area contributed by atoms with Gasteiger partial charge >= 0.3 is 0 Å². The third-order valence-corrected chi connectivity index (χ3v) is 4.84. The van der Waals surface area contributed by atoms with Crippen molar-refractivity contribution in [3.8, 4) is 0 Å². The number of amides is 2. The Balaban J connectivity index is 1.55. The molecule has 2 amide bonds. The average Bonchev–Trinajstić information content (AvgIpc) is 2.63. The van der Waals surface area contributed by atoms with Gasteiger partial charge in [0.2, 0.25) is 5.91 Å². The highest BCUT2D eigenvalue weighted by Crippen LogP contribution is 2.20. The van der Waals surface area contributed by atoms with Crippen molar-refractivity contribution in [2.75, 3.05) is 31.5 Å². The highest BCUT2D eigenvalue weighted by molar-refractivity contribution is 5.92. The molecule has 0 spiro atoms. The molecule has 2 aliphatic rings. The van der Waals surface area contributed by atoms with Gasteiger partial charge < -0.3 is 15.1 Å². The molecule has 0 atom stereocenters. The van der Waals surface area contributed by atoms with E-state index in [4.69, 9.17) is 0 Å². The largest absolute Gasteiger partial charge is 0.366 e. The number of nitrogens with one attached hydrogen (secondary N) is 1. The first kappa shape index (κ1) is 16.7. The summed E-state index contributed by atoms with van der Waals surface area (Å²) in [6.07, 6.45) is 9.36. The van der Waals surface area contributed by atoms with Crippen LogP contribution in [0.2, 0.25) is 0 Å². The Hall–Kier alpha value is -2.18. The average molecular weight is 331 g/mol. The number of anilines is 1. The molecule has 24 heavy (non-hydrogen) atoms. The van der Waals surface area contributed by atoms with Crippen LogP contribution in [-0.2, 0) is 4.79 Å².